The highest BCUT2D eigenvalue weighted by molar-refractivity contribution is 6.04. The van der Waals surface area contributed by atoms with E-state index in [-0.39, 0.29) is 6.42 Å². The third kappa shape index (κ3) is 4.40. The minimum Gasteiger partial charge on any atom is -0.456 e. The number of ether oxygens (including phenoxy) is 1. The first-order valence-corrected chi connectivity index (χ1v) is 4.82. The monoisotopic (exact) mass is 218 g/mol. The Bertz CT molecular complexity index is 249. The van der Waals surface area contributed by atoms with E-state index in [0.717, 1.165) is 0 Å². The average molecular weight is 218 g/mol. The van der Waals surface area contributed by atoms with Gasteiger partial charge in [-0.05, 0) is 27.2 Å². The van der Waals surface area contributed by atoms with Crippen molar-refractivity contribution in [2.24, 2.45) is 0 Å². The van der Waals surface area contributed by atoms with Crippen molar-refractivity contribution in [3.05, 3.63) is 0 Å². The second-order valence-corrected chi connectivity index (χ2v) is 4.35. The second kappa shape index (κ2) is 4.72. The third-order valence-corrected chi connectivity index (χ3v) is 1.55. The molecule has 2 N–H and O–H groups in total. The van der Waals surface area contributed by atoms with Crippen molar-refractivity contribution in [1.82, 2.24) is 0 Å². The summed E-state index contributed by atoms with van der Waals surface area (Å²) in [6.07, 6.45) is 0.358. The number of esters is 1. The first-order chi connectivity index (χ1) is 6.61. The van der Waals surface area contributed by atoms with Gasteiger partial charge in [0.1, 0.15) is 5.60 Å². The summed E-state index contributed by atoms with van der Waals surface area (Å²) < 4.78 is 4.71. The number of Topliss-reactive ketones (excluding diaryl/α,β-unsaturated/α-hetero) is 1. The molecule has 0 aromatic heterocycles. The van der Waals surface area contributed by atoms with Crippen molar-refractivity contribution in [2.75, 3.05) is 0 Å². The van der Waals surface area contributed by atoms with Crippen LogP contribution in [0.4, 0.5) is 0 Å². The van der Waals surface area contributed by atoms with Gasteiger partial charge >= 0.3 is 11.8 Å². The molecule has 0 saturated carbocycles. The zero-order chi connectivity index (χ0) is 12.3. The molecule has 0 fully saturated rings. The summed E-state index contributed by atoms with van der Waals surface area (Å²) in [4.78, 5) is 22.4. The quantitative estimate of drug-likeness (QED) is 0.405. The Kier molecular flexibility index (Phi) is 4.42. The molecule has 0 aliphatic carbocycles. The highest BCUT2D eigenvalue weighted by Gasteiger charge is 2.44. The lowest BCUT2D eigenvalue weighted by atomic mass is 10.1. The van der Waals surface area contributed by atoms with Crippen LogP contribution in [0.25, 0.3) is 0 Å². The Labute approximate surface area is 89.0 Å². The van der Waals surface area contributed by atoms with E-state index in [1.165, 1.54) is 0 Å². The summed E-state index contributed by atoms with van der Waals surface area (Å²) in [6.45, 7) is 6.42. The van der Waals surface area contributed by atoms with Gasteiger partial charge in [-0.2, -0.15) is 0 Å². The van der Waals surface area contributed by atoms with Gasteiger partial charge in [0.2, 0.25) is 5.78 Å². The first-order valence-electron chi connectivity index (χ1n) is 4.82. The first kappa shape index (κ1) is 14.1. The van der Waals surface area contributed by atoms with Gasteiger partial charge in [0.05, 0.1) is 0 Å². The van der Waals surface area contributed by atoms with Crippen LogP contribution >= 0.6 is 0 Å². The maximum atomic E-state index is 11.3. The van der Waals surface area contributed by atoms with Crippen molar-refractivity contribution < 1.29 is 24.5 Å². The van der Waals surface area contributed by atoms with E-state index in [4.69, 9.17) is 4.74 Å². The standard InChI is InChI=1S/C10H18O5/c1-5-6-7(11)10(13,14)8(12)15-9(2,3)4/h13-14H,5-6H2,1-4H3. The van der Waals surface area contributed by atoms with Crippen LogP contribution in [-0.4, -0.2) is 33.4 Å². The molecule has 15 heavy (non-hydrogen) atoms. The van der Waals surface area contributed by atoms with Crippen LogP contribution in [0.5, 0.6) is 0 Å². The number of hydrogen-bond donors (Lipinski definition) is 2. The van der Waals surface area contributed by atoms with Gasteiger partial charge in [0, 0.05) is 6.42 Å². The van der Waals surface area contributed by atoms with Crippen molar-refractivity contribution >= 4 is 11.8 Å². The van der Waals surface area contributed by atoms with Gasteiger partial charge in [-0.3, -0.25) is 4.79 Å². The lowest BCUT2D eigenvalue weighted by molar-refractivity contribution is -0.216. The molecule has 0 aliphatic rings. The smallest absolute Gasteiger partial charge is 0.375 e. The molecular weight excluding hydrogens is 200 g/mol. The summed E-state index contributed by atoms with van der Waals surface area (Å²) >= 11 is 0. The Balaban J connectivity index is 4.59. The fraction of sp³-hybridized carbons (Fsp3) is 0.800. The topological polar surface area (TPSA) is 83.8 Å². The van der Waals surface area contributed by atoms with Gasteiger partial charge in [-0.15, -0.1) is 0 Å². The van der Waals surface area contributed by atoms with E-state index in [9.17, 15) is 19.8 Å². The van der Waals surface area contributed by atoms with E-state index in [2.05, 4.69) is 0 Å². The summed E-state index contributed by atoms with van der Waals surface area (Å²) in [5.74, 6) is -5.30. The predicted octanol–water partition coefficient (Wildman–Crippen LogP) is 0.378. The minimum absolute atomic E-state index is 0.0771. The summed E-state index contributed by atoms with van der Waals surface area (Å²) in [5, 5.41) is 18.6. The molecule has 0 rings (SSSR count). The molecule has 0 saturated heterocycles. The molecule has 0 amide bonds. The van der Waals surface area contributed by atoms with E-state index in [1.807, 2.05) is 0 Å². The normalized spacial score (nSPS) is 12.4. The number of aliphatic hydroxyl groups is 2. The van der Waals surface area contributed by atoms with Crippen molar-refractivity contribution in [1.29, 1.82) is 0 Å². The van der Waals surface area contributed by atoms with Crippen LogP contribution in [0.3, 0.4) is 0 Å². The number of hydrogen-bond acceptors (Lipinski definition) is 5. The van der Waals surface area contributed by atoms with Gasteiger partial charge in [-0.25, -0.2) is 4.79 Å². The predicted molar refractivity (Wildman–Crippen MR) is 52.9 cm³/mol. The summed E-state index contributed by atoms with van der Waals surface area (Å²) in [7, 11) is 0. The van der Waals surface area contributed by atoms with E-state index < -0.39 is 23.1 Å². The second-order valence-electron chi connectivity index (χ2n) is 4.35. The SMILES string of the molecule is CCCC(=O)C(O)(O)C(=O)OC(C)(C)C. The van der Waals surface area contributed by atoms with Gasteiger partial charge in [-0.1, -0.05) is 6.92 Å². The molecule has 0 unspecified atom stereocenters. The molecule has 0 aliphatic heterocycles. The number of carbonyl (C=O) groups is 2. The molecule has 5 heteroatoms. The zero-order valence-corrected chi connectivity index (χ0v) is 9.53. The molecule has 5 nitrogen and oxygen atoms in total. The molecule has 0 atom stereocenters. The molecule has 0 radical (unpaired) electrons. The van der Waals surface area contributed by atoms with Crippen LogP contribution in [0.15, 0.2) is 0 Å². The lowest BCUT2D eigenvalue weighted by Crippen LogP contribution is -2.49. The molecule has 0 bridgehead atoms. The fourth-order valence-corrected chi connectivity index (χ4v) is 0.864. The van der Waals surface area contributed by atoms with E-state index >= 15 is 0 Å². The molecule has 0 aromatic carbocycles. The Morgan fingerprint density at radius 2 is 1.67 bits per heavy atom. The van der Waals surface area contributed by atoms with Gasteiger partial charge in [0.15, 0.2) is 0 Å². The van der Waals surface area contributed by atoms with Gasteiger partial charge < -0.3 is 14.9 Å². The Hall–Kier alpha value is -0.940. The van der Waals surface area contributed by atoms with Crippen molar-refractivity contribution in [2.45, 2.75) is 51.9 Å². The Morgan fingerprint density at radius 1 is 1.20 bits per heavy atom. The van der Waals surface area contributed by atoms with Crippen molar-refractivity contribution in [3.8, 4) is 0 Å². The lowest BCUT2D eigenvalue weighted by Gasteiger charge is -2.25. The fourth-order valence-electron chi connectivity index (χ4n) is 0.864. The summed E-state index contributed by atoms with van der Waals surface area (Å²) in [6, 6.07) is 0. The van der Waals surface area contributed by atoms with Gasteiger partial charge in [0.25, 0.3) is 0 Å². The third-order valence-electron chi connectivity index (χ3n) is 1.55. The molecule has 0 spiro atoms. The van der Waals surface area contributed by atoms with Crippen LogP contribution < -0.4 is 0 Å². The van der Waals surface area contributed by atoms with E-state index in [1.54, 1.807) is 27.7 Å². The van der Waals surface area contributed by atoms with Crippen LogP contribution in [0.1, 0.15) is 40.5 Å². The van der Waals surface area contributed by atoms with Crippen LogP contribution in [-0.2, 0) is 14.3 Å². The van der Waals surface area contributed by atoms with E-state index in [0.29, 0.717) is 6.42 Å². The maximum absolute atomic E-state index is 11.3. The Morgan fingerprint density at radius 3 is 2.00 bits per heavy atom. The number of carbonyl (C=O) groups excluding carboxylic acids is 2. The van der Waals surface area contributed by atoms with Crippen molar-refractivity contribution in [3.63, 3.8) is 0 Å². The maximum Gasteiger partial charge on any atom is 0.375 e. The number of ketones is 1. The highest BCUT2D eigenvalue weighted by Crippen LogP contribution is 2.15. The molecule has 0 aromatic rings. The molecule has 0 heterocycles. The molecule has 88 valence electrons. The molecular formula is C10H18O5. The number of rotatable bonds is 4. The van der Waals surface area contributed by atoms with Crippen LogP contribution in [0, 0.1) is 0 Å². The van der Waals surface area contributed by atoms with Crippen LogP contribution in [0.2, 0.25) is 0 Å². The zero-order valence-electron chi connectivity index (χ0n) is 9.53. The highest BCUT2D eigenvalue weighted by atomic mass is 16.6. The largest absolute Gasteiger partial charge is 0.456 e. The average Bonchev–Trinajstić information content (AvgIpc) is 2.01. The summed E-state index contributed by atoms with van der Waals surface area (Å²) in [5.41, 5.74) is -0.861. The minimum atomic E-state index is -3.02.